The monoisotopic (exact) mass is 455 g/mol. The Labute approximate surface area is 166 Å². The molecule has 0 amide bonds. The van der Waals surface area contributed by atoms with E-state index >= 15 is 0 Å². The molecule has 2 heterocycles. The van der Waals surface area contributed by atoms with Crippen molar-refractivity contribution in [2.24, 2.45) is 0 Å². The van der Waals surface area contributed by atoms with Crippen LogP contribution in [-0.4, -0.2) is 29.4 Å². The predicted molar refractivity (Wildman–Crippen MR) is 110 cm³/mol. The number of aromatic nitrogens is 3. The van der Waals surface area contributed by atoms with Gasteiger partial charge in [0.2, 0.25) is 0 Å². The van der Waals surface area contributed by atoms with Gasteiger partial charge in [0, 0.05) is 31.8 Å². The number of fused-ring (bicyclic) bond motifs is 1. The molecule has 0 unspecified atom stereocenters. The number of pyridine rings is 1. The van der Waals surface area contributed by atoms with Gasteiger partial charge in [-0.1, -0.05) is 31.2 Å². The van der Waals surface area contributed by atoms with Gasteiger partial charge < -0.3 is 4.74 Å². The molecule has 0 aliphatic heterocycles. The van der Waals surface area contributed by atoms with E-state index < -0.39 is 8.07 Å². The van der Waals surface area contributed by atoms with E-state index in [0.29, 0.717) is 39.6 Å². The molecule has 26 heavy (non-hydrogen) atoms. The molecule has 0 aliphatic carbocycles. The summed E-state index contributed by atoms with van der Waals surface area (Å²) in [5.41, 5.74) is 2.12. The van der Waals surface area contributed by atoms with Crippen molar-refractivity contribution >= 4 is 46.5 Å². The lowest BCUT2D eigenvalue weighted by molar-refractivity contribution is 0.0818. The topological polar surface area (TPSA) is 39.9 Å². The van der Waals surface area contributed by atoms with Crippen LogP contribution in [0.1, 0.15) is 0 Å². The van der Waals surface area contributed by atoms with Crippen LogP contribution in [0.25, 0.3) is 22.2 Å². The van der Waals surface area contributed by atoms with Crippen LogP contribution in [0, 0.1) is 5.82 Å². The van der Waals surface area contributed by atoms with E-state index in [-0.39, 0.29) is 5.82 Å². The van der Waals surface area contributed by atoms with Gasteiger partial charge in [-0.25, -0.2) is 14.1 Å². The maximum Gasteiger partial charge on any atom is 0.140 e. The van der Waals surface area contributed by atoms with E-state index in [0.717, 1.165) is 11.6 Å². The number of hydrogen-bond acceptors (Lipinski definition) is 3. The van der Waals surface area contributed by atoms with Crippen molar-refractivity contribution in [2.75, 3.05) is 6.61 Å². The predicted octanol–water partition coefficient (Wildman–Crippen LogP) is 5.97. The summed E-state index contributed by atoms with van der Waals surface area (Å²) in [4.78, 5) is 4.11. The Morgan fingerprint density at radius 1 is 1.27 bits per heavy atom. The molecule has 0 N–H and O–H groups in total. The molecule has 0 radical (unpaired) electrons. The SMILES string of the molecule is C[Si](C)(C)CCOCn1nc(-c2cc(Br)ncc2Cl)c2cc(F)ccc21. The Morgan fingerprint density at radius 2 is 2.04 bits per heavy atom. The first-order chi connectivity index (χ1) is 12.2. The quantitative estimate of drug-likeness (QED) is 0.261. The van der Waals surface area contributed by atoms with Gasteiger partial charge >= 0.3 is 0 Å². The minimum atomic E-state index is -1.15. The molecule has 0 atom stereocenters. The second-order valence-electron chi connectivity index (χ2n) is 7.34. The highest BCUT2D eigenvalue weighted by Crippen LogP contribution is 2.34. The summed E-state index contributed by atoms with van der Waals surface area (Å²) in [7, 11) is -1.15. The molecule has 3 aromatic rings. The van der Waals surface area contributed by atoms with Crippen LogP contribution in [0.2, 0.25) is 30.7 Å². The highest BCUT2D eigenvalue weighted by molar-refractivity contribution is 9.10. The molecule has 138 valence electrons. The molecule has 0 saturated carbocycles. The van der Waals surface area contributed by atoms with Gasteiger partial charge in [-0.2, -0.15) is 5.10 Å². The molecular weight excluding hydrogens is 437 g/mol. The van der Waals surface area contributed by atoms with Crippen molar-refractivity contribution in [3.63, 3.8) is 0 Å². The summed E-state index contributed by atoms with van der Waals surface area (Å²) in [6, 6.07) is 7.48. The lowest BCUT2D eigenvalue weighted by Gasteiger charge is -2.15. The second kappa shape index (κ2) is 7.76. The molecule has 3 rings (SSSR count). The van der Waals surface area contributed by atoms with Crippen LogP contribution in [0.15, 0.2) is 35.1 Å². The number of hydrogen-bond donors (Lipinski definition) is 0. The van der Waals surface area contributed by atoms with E-state index in [1.54, 1.807) is 23.0 Å². The summed E-state index contributed by atoms with van der Waals surface area (Å²) >= 11 is 9.65. The lowest BCUT2D eigenvalue weighted by Crippen LogP contribution is -2.22. The molecular formula is C18H20BrClFN3OSi. The Morgan fingerprint density at radius 3 is 2.77 bits per heavy atom. The van der Waals surface area contributed by atoms with Crippen molar-refractivity contribution < 1.29 is 9.13 Å². The minimum Gasteiger partial charge on any atom is -0.360 e. The van der Waals surface area contributed by atoms with Crippen LogP contribution in [0.3, 0.4) is 0 Å². The summed E-state index contributed by atoms with van der Waals surface area (Å²) in [6.45, 7) is 7.93. The number of ether oxygens (including phenoxy) is 1. The first kappa shape index (κ1) is 19.5. The van der Waals surface area contributed by atoms with Crippen LogP contribution < -0.4 is 0 Å². The van der Waals surface area contributed by atoms with Crippen molar-refractivity contribution in [1.82, 2.24) is 14.8 Å². The average molecular weight is 457 g/mol. The number of nitrogens with zero attached hydrogens (tertiary/aromatic N) is 3. The zero-order chi connectivity index (χ0) is 18.9. The van der Waals surface area contributed by atoms with E-state index in [4.69, 9.17) is 16.3 Å². The summed E-state index contributed by atoms with van der Waals surface area (Å²) in [5.74, 6) is -0.317. The lowest BCUT2D eigenvalue weighted by atomic mass is 10.1. The molecule has 0 aliphatic rings. The van der Waals surface area contributed by atoms with E-state index in [2.05, 4.69) is 45.7 Å². The standard InChI is InChI=1S/C18H20BrClFN3OSi/c1-26(2,3)7-6-25-11-24-16-5-4-12(21)8-14(16)18(23-24)13-9-17(19)22-10-15(13)20/h4-5,8-10H,6-7,11H2,1-3H3. The number of halogens is 3. The Hall–Kier alpha value is -1.28. The molecule has 0 spiro atoms. The minimum absolute atomic E-state index is 0.316. The maximum atomic E-state index is 13.8. The van der Waals surface area contributed by atoms with Gasteiger partial charge in [-0.15, -0.1) is 0 Å². The van der Waals surface area contributed by atoms with Gasteiger partial charge in [0.25, 0.3) is 0 Å². The molecule has 0 fully saturated rings. The molecule has 8 heteroatoms. The fourth-order valence-corrected chi connectivity index (χ4v) is 3.85. The summed E-state index contributed by atoms with van der Waals surface area (Å²) in [6.07, 6.45) is 1.55. The third kappa shape index (κ3) is 4.51. The molecule has 0 bridgehead atoms. The van der Waals surface area contributed by atoms with Crippen molar-refractivity contribution in [2.45, 2.75) is 32.4 Å². The van der Waals surface area contributed by atoms with E-state index in [1.165, 1.54) is 12.1 Å². The highest BCUT2D eigenvalue weighted by Gasteiger charge is 2.17. The normalized spacial score (nSPS) is 12.1. The van der Waals surface area contributed by atoms with Crippen LogP contribution in [-0.2, 0) is 11.5 Å². The molecule has 0 saturated heterocycles. The Kier molecular flexibility index (Phi) is 5.81. The van der Waals surface area contributed by atoms with Gasteiger partial charge in [0.1, 0.15) is 22.8 Å². The first-order valence-corrected chi connectivity index (χ1v) is 13.2. The van der Waals surface area contributed by atoms with Crippen molar-refractivity contribution in [3.8, 4) is 11.3 Å². The summed E-state index contributed by atoms with van der Waals surface area (Å²) < 4.78 is 22.1. The molecule has 1 aromatic carbocycles. The highest BCUT2D eigenvalue weighted by atomic mass is 79.9. The van der Waals surface area contributed by atoms with Crippen LogP contribution >= 0.6 is 27.5 Å². The van der Waals surface area contributed by atoms with Gasteiger partial charge in [0.15, 0.2) is 0 Å². The maximum absolute atomic E-state index is 13.8. The van der Waals surface area contributed by atoms with E-state index in [9.17, 15) is 4.39 Å². The average Bonchev–Trinajstić information content (AvgIpc) is 2.90. The summed E-state index contributed by atoms with van der Waals surface area (Å²) in [5, 5.41) is 5.79. The molecule has 2 aromatic heterocycles. The smallest absolute Gasteiger partial charge is 0.140 e. The van der Waals surface area contributed by atoms with Gasteiger partial charge in [-0.05, 0) is 46.2 Å². The number of rotatable bonds is 6. The number of benzene rings is 1. The Bertz CT molecular complexity index is 942. The Balaban J connectivity index is 1.97. The largest absolute Gasteiger partial charge is 0.360 e. The zero-order valence-corrected chi connectivity index (χ0v) is 18.2. The fraction of sp³-hybridized carbons (Fsp3) is 0.333. The van der Waals surface area contributed by atoms with Crippen molar-refractivity contribution in [1.29, 1.82) is 0 Å². The second-order valence-corrected chi connectivity index (χ2v) is 14.2. The van der Waals surface area contributed by atoms with Crippen molar-refractivity contribution in [3.05, 3.63) is 45.9 Å². The van der Waals surface area contributed by atoms with Gasteiger partial charge in [-0.3, -0.25) is 0 Å². The zero-order valence-electron chi connectivity index (χ0n) is 14.9. The third-order valence-electron chi connectivity index (χ3n) is 4.00. The van der Waals surface area contributed by atoms with Crippen LogP contribution in [0.4, 0.5) is 4.39 Å². The molecule has 4 nitrogen and oxygen atoms in total. The van der Waals surface area contributed by atoms with E-state index in [1.807, 2.05) is 0 Å². The van der Waals surface area contributed by atoms with Gasteiger partial charge in [0.05, 0.1) is 10.5 Å². The fourth-order valence-electron chi connectivity index (χ4n) is 2.57. The third-order valence-corrected chi connectivity index (χ3v) is 6.44. The first-order valence-electron chi connectivity index (χ1n) is 8.30. The van der Waals surface area contributed by atoms with Crippen LogP contribution in [0.5, 0.6) is 0 Å².